The highest BCUT2D eigenvalue weighted by atomic mass is 16.5. The minimum atomic E-state index is -0.150. The zero-order chi connectivity index (χ0) is 28.9. The third-order valence-corrected chi connectivity index (χ3v) is 6.29. The molecule has 0 saturated heterocycles. The maximum absolute atomic E-state index is 13.5. The van der Waals surface area contributed by atoms with Gasteiger partial charge in [-0.25, -0.2) is 4.98 Å². The Bertz CT molecular complexity index is 1250. The highest BCUT2D eigenvalue weighted by Gasteiger charge is 2.20. The van der Waals surface area contributed by atoms with Crippen molar-refractivity contribution < 1.29 is 28.5 Å². The first-order valence-electron chi connectivity index (χ1n) is 13.6. The van der Waals surface area contributed by atoms with Crippen LogP contribution in [0.1, 0.15) is 62.4 Å². The summed E-state index contributed by atoms with van der Waals surface area (Å²) in [5, 5.41) is 0. The molecule has 214 valence electrons. The maximum Gasteiger partial charge on any atom is 0.319 e. The minimum Gasteiger partial charge on any atom is -0.494 e. The SMILES string of the molecule is CCOC(=O)CCCCCOc1cccc(CN(C(=O)c2ccc(-c3cnc(OC)nc3OC)cc2)C(C)C)c1. The molecule has 1 heterocycles. The van der Waals surface area contributed by atoms with E-state index in [2.05, 4.69) is 9.97 Å². The molecule has 1 aromatic heterocycles. The Kier molecular flexibility index (Phi) is 11.7. The summed E-state index contributed by atoms with van der Waals surface area (Å²) in [5.74, 6) is 0.948. The second-order valence-corrected chi connectivity index (χ2v) is 9.50. The molecule has 0 fully saturated rings. The first-order valence-corrected chi connectivity index (χ1v) is 13.6. The average Bonchev–Trinajstić information content (AvgIpc) is 2.97. The van der Waals surface area contributed by atoms with Crippen molar-refractivity contribution in [2.24, 2.45) is 0 Å². The van der Waals surface area contributed by atoms with Gasteiger partial charge in [-0.15, -0.1) is 0 Å². The minimum absolute atomic E-state index is 0.00812. The van der Waals surface area contributed by atoms with Gasteiger partial charge in [0.1, 0.15) is 5.75 Å². The quantitative estimate of drug-likeness (QED) is 0.175. The molecule has 0 spiro atoms. The number of carbonyl (C=O) groups excluding carboxylic acids is 2. The number of unbranched alkanes of at least 4 members (excludes halogenated alkanes) is 2. The van der Waals surface area contributed by atoms with E-state index in [0.29, 0.717) is 43.2 Å². The van der Waals surface area contributed by atoms with E-state index in [-0.39, 0.29) is 23.9 Å². The Morgan fingerprint density at radius 3 is 2.42 bits per heavy atom. The molecule has 0 aliphatic carbocycles. The Morgan fingerprint density at radius 1 is 0.975 bits per heavy atom. The molecule has 9 nitrogen and oxygen atoms in total. The number of aromatic nitrogens is 2. The van der Waals surface area contributed by atoms with Crippen LogP contribution in [0.15, 0.2) is 54.7 Å². The molecule has 9 heteroatoms. The molecule has 0 radical (unpaired) electrons. The zero-order valence-corrected chi connectivity index (χ0v) is 24.0. The molecule has 0 aliphatic heterocycles. The van der Waals surface area contributed by atoms with Crippen LogP contribution in [0, 0.1) is 0 Å². The van der Waals surface area contributed by atoms with E-state index in [0.717, 1.165) is 36.1 Å². The Labute approximate surface area is 236 Å². The Morgan fingerprint density at radius 2 is 1.75 bits per heavy atom. The molecule has 2 aromatic carbocycles. The van der Waals surface area contributed by atoms with E-state index in [1.807, 2.05) is 62.1 Å². The van der Waals surface area contributed by atoms with Crippen LogP contribution < -0.4 is 14.2 Å². The van der Waals surface area contributed by atoms with Crippen molar-refractivity contribution in [3.63, 3.8) is 0 Å². The molecule has 0 bridgehead atoms. The highest BCUT2D eigenvalue weighted by Crippen LogP contribution is 2.29. The summed E-state index contributed by atoms with van der Waals surface area (Å²) in [6.45, 7) is 7.25. The molecule has 0 saturated carbocycles. The van der Waals surface area contributed by atoms with Gasteiger partial charge in [-0.05, 0) is 75.4 Å². The zero-order valence-electron chi connectivity index (χ0n) is 24.0. The van der Waals surface area contributed by atoms with E-state index < -0.39 is 0 Å². The number of esters is 1. The van der Waals surface area contributed by atoms with Gasteiger partial charge in [0.15, 0.2) is 0 Å². The van der Waals surface area contributed by atoms with E-state index in [4.69, 9.17) is 18.9 Å². The molecule has 0 unspecified atom stereocenters. The lowest BCUT2D eigenvalue weighted by Crippen LogP contribution is -2.36. The molecule has 3 aromatic rings. The van der Waals surface area contributed by atoms with Gasteiger partial charge in [-0.1, -0.05) is 24.3 Å². The van der Waals surface area contributed by atoms with Gasteiger partial charge in [0, 0.05) is 30.8 Å². The first kappa shape index (κ1) is 30.4. The van der Waals surface area contributed by atoms with Crippen molar-refractivity contribution in [3.8, 4) is 28.8 Å². The third-order valence-electron chi connectivity index (χ3n) is 6.29. The summed E-state index contributed by atoms with van der Waals surface area (Å²) in [7, 11) is 3.04. The predicted octanol–water partition coefficient (Wildman–Crippen LogP) is 5.71. The molecular formula is C31H39N3O6. The second-order valence-electron chi connectivity index (χ2n) is 9.50. The van der Waals surface area contributed by atoms with Gasteiger partial charge in [0.25, 0.3) is 5.91 Å². The molecule has 0 aliphatic rings. The third kappa shape index (κ3) is 8.69. The van der Waals surface area contributed by atoms with Crippen molar-refractivity contribution in [1.29, 1.82) is 0 Å². The van der Waals surface area contributed by atoms with E-state index >= 15 is 0 Å². The van der Waals surface area contributed by atoms with Gasteiger partial charge >= 0.3 is 12.0 Å². The lowest BCUT2D eigenvalue weighted by atomic mass is 10.0. The van der Waals surface area contributed by atoms with Crippen molar-refractivity contribution >= 4 is 11.9 Å². The number of methoxy groups -OCH3 is 2. The lowest BCUT2D eigenvalue weighted by Gasteiger charge is -2.27. The van der Waals surface area contributed by atoms with Crippen LogP contribution in [0.5, 0.6) is 17.6 Å². The molecule has 3 rings (SSSR count). The molecule has 40 heavy (non-hydrogen) atoms. The van der Waals surface area contributed by atoms with Gasteiger partial charge < -0.3 is 23.8 Å². The van der Waals surface area contributed by atoms with Crippen LogP contribution in [0.3, 0.4) is 0 Å². The number of carbonyl (C=O) groups is 2. The fraction of sp³-hybridized carbons (Fsp3) is 0.419. The van der Waals surface area contributed by atoms with Crippen LogP contribution in [0.4, 0.5) is 0 Å². The number of benzene rings is 2. The number of rotatable bonds is 15. The van der Waals surface area contributed by atoms with E-state index in [1.165, 1.54) is 7.11 Å². The summed E-state index contributed by atoms with van der Waals surface area (Å²) in [6, 6.07) is 15.4. The van der Waals surface area contributed by atoms with Crippen LogP contribution in [-0.4, -0.2) is 60.2 Å². The van der Waals surface area contributed by atoms with Crippen LogP contribution in [0.25, 0.3) is 11.1 Å². The standard InChI is InChI=1S/C31H39N3O6/c1-6-39-28(35)13-8-7-9-18-40-26-12-10-11-23(19-26)21-34(22(2)3)30(36)25-16-14-24(15-17-25)27-20-32-31(38-5)33-29(27)37-4/h10-12,14-17,19-20,22H,6-9,13,18,21H2,1-5H3. The van der Waals surface area contributed by atoms with Crippen molar-refractivity contribution in [2.75, 3.05) is 27.4 Å². The summed E-state index contributed by atoms with van der Waals surface area (Å²) in [5.41, 5.74) is 3.11. The Hall–Kier alpha value is -4.14. The molecule has 0 atom stereocenters. The van der Waals surface area contributed by atoms with Gasteiger partial charge in [0.2, 0.25) is 5.88 Å². The summed E-state index contributed by atoms with van der Waals surface area (Å²) >= 11 is 0. The summed E-state index contributed by atoms with van der Waals surface area (Å²) in [4.78, 5) is 35.2. The number of nitrogens with zero attached hydrogens (tertiary/aromatic N) is 3. The fourth-order valence-corrected chi connectivity index (χ4v) is 4.15. The van der Waals surface area contributed by atoms with Crippen LogP contribution >= 0.6 is 0 Å². The smallest absolute Gasteiger partial charge is 0.319 e. The lowest BCUT2D eigenvalue weighted by molar-refractivity contribution is -0.143. The first-order chi connectivity index (χ1) is 19.4. The van der Waals surface area contributed by atoms with Crippen molar-refractivity contribution in [2.45, 2.75) is 59.0 Å². The van der Waals surface area contributed by atoms with Gasteiger partial charge in [0.05, 0.1) is 33.0 Å². The number of hydrogen-bond donors (Lipinski definition) is 0. The topological polar surface area (TPSA) is 100 Å². The molecule has 0 N–H and O–H groups in total. The second kappa shape index (κ2) is 15.5. The van der Waals surface area contributed by atoms with E-state index in [9.17, 15) is 9.59 Å². The summed E-state index contributed by atoms with van der Waals surface area (Å²) in [6.07, 6.45) is 4.61. The number of amides is 1. The predicted molar refractivity (Wildman–Crippen MR) is 153 cm³/mol. The van der Waals surface area contributed by atoms with Gasteiger partial charge in [-0.3, -0.25) is 9.59 Å². The molecular weight excluding hydrogens is 510 g/mol. The maximum atomic E-state index is 13.5. The number of ether oxygens (including phenoxy) is 4. The van der Waals surface area contributed by atoms with Crippen LogP contribution in [0.2, 0.25) is 0 Å². The van der Waals surface area contributed by atoms with Gasteiger partial charge in [-0.2, -0.15) is 4.98 Å². The largest absolute Gasteiger partial charge is 0.494 e. The van der Waals surface area contributed by atoms with Crippen molar-refractivity contribution in [3.05, 3.63) is 65.9 Å². The fourth-order valence-electron chi connectivity index (χ4n) is 4.15. The molecule has 1 amide bonds. The highest BCUT2D eigenvalue weighted by molar-refractivity contribution is 5.95. The number of hydrogen-bond acceptors (Lipinski definition) is 8. The Balaban J connectivity index is 1.61. The normalized spacial score (nSPS) is 10.8. The van der Waals surface area contributed by atoms with Crippen LogP contribution in [-0.2, 0) is 16.1 Å². The van der Waals surface area contributed by atoms with Crippen molar-refractivity contribution in [1.82, 2.24) is 14.9 Å². The van der Waals surface area contributed by atoms with E-state index in [1.54, 1.807) is 25.4 Å². The summed E-state index contributed by atoms with van der Waals surface area (Å²) < 4.78 is 21.3. The monoisotopic (exact) mass is 549 g/mol. The average molecular weight is 550 g/mol.